The van der Waals surface area contributed by atoms with Crippen LogP contribution < -0.4 is 5.32 Å². The molecule has 0 saturated heterocycles. The summed E-state index contributed by atoms with van der Waals surface area (Å²) >= 11 is 0. The van der Waals surface area contributed by atoms with Crippen molar-refractivity contribution in [1.82, 2.24) is 24.7 Å². The van der Waals surface area contributed by atoms with E-state index in [0.717, 1.165) is 41.4 Å². The number of amides is 1. The molecule has 27 heavy (non-hydrogen) atoms. The van der Waals surface area contributed by atoms with Gasteiger partial charge >= 0.3 is 0 Å². The largest absolute Gasteiger partial charge is 0.321 e. The molecule has 7 nitrogen and oxygen atoms in total. The molecule has 1 aliphatic rings. The van der Waals surface area contributed by atoms with Crippen LogP contribution >= 0.6 is 0 Å². The smallest absolute Gasteiger partial charge is 0.274 e. The topological polar surface area (TPSA) is 85.6 Å². The lowest BCUT2D eigenvalue weighted by Gasteiger charge is -2.13. The Morgan fingerprint density at radius 3 is 2.78 bits per heavy atom. The van der Waals surface area contributed by atoms with Gasteiger partial charge < -0.3 is 9.88 Å². The minimum Gasteiger partial charge on any atom is -0.321 e. The summed E-state index contributed by atoms with van der Waals surface area (Å²) in [6, 6.07) is 9.52. The molecule has 3 aromatic rings. The van der Waals surface area contributed by atoms with E-state index in [1.54, 1.807) is 12.4 Å². The molecule has 1 aliphatic carbocycles. The lowest BCUT2D eigenvalue weighted by Crippen LogP contribution is -2.16. The van der Waals surface area contributed by atoms with Gasteiger partial charge in [0.25, 0.3) is 5.91 Å². The maximum absolute atomic E-state index is 12.7. The van der Waals surface area contributed by atoms with Gasteiger partial charge in [-0.1, -0.05) is 19.1 Å². The zero-order chi connectivity index (χ0) is 19.0. The second kappa shape index (κ2) is 6.90. The zero-order valence-corrected chi connectivity index (χ0v) is 15.7. The van der Waals surface area contributed by atoms with Crippen molar-refractivity contribution >= 4 is 11.6 Å². The van der Waals surface area contributed by atoms with E-state index in [9.17, 15) is 4.79 Å². The third-order valence-electron chi connectivity index (χ3n) is 4.82. The molecule has 0 spiro atoms. The molecule has 1 atom stereocenters. The molecule has 0 radical (unpaired) electrons. The molecule has 7 heteroatoms. The van der Waals surface area contributed by atoms with E-state index >= 15 is 0 Å². The lowest BCUT2D eigenvalue weighted by atomic mass is 10.00. The second-order valence-electron chi connectivity index (χ2n) is 7.13. The number of nitrogens with zero attached hydrogens (tertiary/aromatic N) is 5. The monoisotopic (exact) mass is 362 g/mol. The summed E-state index contributed by atoms with van der Waals surface area (Å²) in [4.78, 5) is 21.6. The average molecular weight is 362 g/mol. The molecular formula is C20H22N6O. The molecule has 1 N–H and O–H groups in total. The van der Waals surface area contributed by atoms with Crippen LogP contribution in [0.5, 0.6) is 0 Å². The van der Waals surface area contributed by atoms with Crippen molar-refractivity contribution in [2.75, 3.05) is 5.32 Å². The highest BCUT2D eigenvalue weighted by Gasteiger charge is 2.27. The minimum atomic E-state index is -0.217. The van der Waals surface area contributed by atoms with Crippen LogP contribution in [0.15, 0.2) is 36.7 Å². The molecule has 1 aromatic carbocycles. The molecular weight excluding hydrogens is 340 g/mol. The van der Waals surface area contributed by atoms with E-state index in [1.165, 1.54) is 0 Å². The maximum Gasteiger partial charge on any atom is 0.274 e. The Hall–Kier alpha value is -3.09. The van der Waals surface area contributed by atoms with Gasteiger partial charge in [-0.05, 0) is 43.5 Å². The Kier molecular flexibility index (Phi) is 4.43. The Morgan fingerprint density at radius 2 is 2.07 bits per heavy atom. The summed E-state index contributed by atoms with van der Waals surface area (Å²) in [6.07, 6.45) is 3.89. The van der Waals surface area contributed by atoms with E-state index in [4.69, 9.17) is 0 Å². The molecule has 0 bridgehead atoms. The fourth-order valence-corrected chi connectivity index (χ4v) is 3.15. The fourth-order valence-electron chi connectivity index (χ4n) is 3.15. The average Bonchev–Trinajstić information content (AvgIpc) is 3.42. The first-order chi connectivity index (χ1) is 13.0. The molecule has 1 saturated carbocycles. The Balaban J connectivity index is 1.55. The normalized spacial score (nSPS) is 14.8. The molecule has 2 aromatic heterocycles. The molecule has 1 fully saturated rings. The van der Waals surface area contributed by atoms with E-state index in [0.29, 0.717) is 11.6 Å². The zero-order valence-electron chi connectivity index (χ0n) is 15.7. The number of aromatic nitrogens is 5. The minimum absolute atomic E-state index is 0.0668. The fraction of sp³-hybridized carbons (Fsp3) is 0.350. The highest BCUT2D eigenvalue weighted by atomic mass is 16.1. The van der Waals surface area contributed by atoms with Crippen molar-refractivity contribution < 1.29 is 4.79 Å². The van der Waals surface area contributed by atoms with Crippen molar-refractivity contribution in [3.05, 3.63) is 65.3 Å². The summed E-state index contributed by atoms with van der Waals surface area (Å²) in [5.41, 5.74) is 3.02. The predicted octanol–water partition coefficient (Wildman–Crippen LogP) is 3.20. The molecule has 0 aliphatic heterocycles. The van der Waals surface area contributed by atoms with E-state index in [-0.39, 0.29) is 11.8 Å². The van der Waals surface area contributed by atoms with Gasteiger partial charge in [-0.3, -0.25) is 4.79 Å². The summed E-state index contributed by atoms with van der Waals surface area (Å²) in [5, 5.41) is 11.1. The molecule has 2 heterocycles. The summed E-state index contributed by atoms with van der Waals surface area (Å²) < 4.78 is 1.90. The van der Waals surface area contributed by atoms with E-state index in [1.807, 2.05) is 42.8 Å². The predicted molar refractivity (Wildman–Crippen MR) is 102 cm³/mol. The summed E-state index contributed by atoms with van der Waals surface area (Å²) in [5.74, 6) is 1.92. The maximum atomic E-state index is 12.7. The Morgan fingerprint density at radius 1 is 1.26 bits per heavy atom. The van der Waals surface area contributed by atoms with Gasteiger partial charge in [0.15, 0.2) is 0 Å². The van der Waals surface area contributed by atoms with Gasteiger partial charge in [0.1, 0.15) is 23.7 Å². The first kappa shape index (κ1) is 17.3. The van der Waals surface area contributed by atoms with Crippen molar-refractivity contribution in [1.29, 1.82) is 0 Å². The highest BCUT2D eigenvalue weighted by Crippen LogP contribution is 2.38. The van der Waals surface area contributed by atoms with Crippen LogP contribution in [0.2, 0.25) is 0 Å². The van der Waals surface area contributed by atoms with Crippen LogP contribution in [0.25, 0.3) is 0 Å². The number of aryl methyl sites for hydroxylation is 2. The van der Waals surface area contributed by atoms with Crippen molar-refractivity contribution in [3.8, 4) is 0 Å². The van der Waals surface area contributed by atoms with Gasteiger partial charge in [0, 0.05) is 30.3 Å². The summed E-state index contributed by atoms with van der Waals surface area (Å²) in [6.45, 7) is 3.97. The first-order valence-electron chi connectivity index (χ1n) is 9.12. The number of hydrogen-bond acceptors (Lipinski definition) is 5. The molecule has 138 valence electrons. The number of carbonyl (C=O) groups is 1. The van der Waals surface area contributed by atoms with E-state index < -0.39 is 0 Å². The standard InChI is InChI=1S/C20H22N6O/c1-12-9-17(24-18(22-12)14-7-8-14)20(27)23-16-6-4-5-15(10-16)13(2)19-25-21-11-26(19)3/h4-6,9-11,13-14H,7-8H2,1-3H3,(H,23,27)/t13-/m0/s1. The van der Waals surface area contributed by atoms with Crippen molar-refractivity contribution in [2.45, 2.75) is 38.5 Å². The lowest BCUT2D eigenvalue weighted by molar-refractivity contribution is 0.102. The van der Waals surface area contributed by atoms with Crippen molar-refractivity contribution in [3.63, 3.8) is 0 Å². The van der Waals surface area contributed by atoms with Crippen molar-refractivity contribution in [2.24, 2.45) is 7.05 Å². The molecule has 0 unspecified atom stereocenters. The third-order valence-corrected chi connectivity index (χ3v) is 4.82. The number of rotatable bonds is 5. The second-order valence-corrected chi connectivity index (χ2v) is 7.13. The van der Waals surface area contributed by atoms with Crippen LogP contribution in [-0.2, 0) is 7.05 Å². The highest BCUT2D eigenvalue weighted by molar-refractivity contribution is 6.03. The van der Waals surface area contributed by atoms with Crippen LogP contribution in [0.3, 0.4) is 0 Å². The van der Waals surface area contributed by atoms with Gasteiger partial charge in [-0.2, -0.15) is 0 Å². The van der Waals surface area contributed by atoms with E-state index in [2.05, 4.69) is 32.4 Å². The Bertz CT molecular complexity index is 992. The van der Waals surface area contributed by atoms with Gasteiger partial charge in [0.05, 0.1) is 0 Å². The number of anilines is 1. The first-order valence-corrected chi connectivity index (χ1v) is 9.12. The third kappa shape index (κ3) is 3.72. The van der Waals surface area contributed by atoms with Crippen LogP contribution in [0.4, 0.5) is 5.69 Å². The Labute approximate surface area is 157 Å². The summed E-state index contributed by atoms with van der Waals surface area (Å²) in [7, 11) is 1.92. The number of carbonyl (C=O) groups excluding carboxylic acids is 1. The number of benzene rings is 1. The van der Waals surface area contributed by atoms with Gasteiger partial charge in [-0.15, -0.1) is 10.2 Å². The van der Waals surface area contributed by atoms with Crippen LogP contribution in [-0.4, -0.2) is 30.6 Å². The van der Waals surface area contributed by atoms with Crippen LogP contribution in [0, 0.1) is 6.92 Å². The van der Waals surface area contributed by atoms with Gasteiger partial charge in [-0.25, -0.2) is 9.97 Å². The molecule has 4 rings (SSSR count). The quantitative estimate of drug-likeness (QED) is 0.753. The SMILES string of the molecule is Cc1cc(C(=O)Nc2cccc([C@H](C)c3nncn3C)c2)nc(C2CC2)n1. The van der Waals surface area contributed by atoms with Crippen LogP contribution in [0.1, 0.15) is 65.0 Å². The van der Waals surface area contributed by atoms with Gasteiger partial charge in [0.2, 0.25) is 0 Å². The number of hydrogen-bond donors (Lipinski definition) is 1. The number of nitrogens with one attached hydrogen (secondary N) is 1. The molecule has 1 amide bonds.